The Hall–Kier alpha value is -6.71. The second kappa shape index (κ2) is 11.4. The van der Waals surface area contributed by atoms with Crippen LogP contribution >= 0.6 is 0 Å². The Balaban J connectivity index is 1.24. The first kappa shape index (κ1) is 31.1. The van der Waals surface area contributed by atoms with Gasteiger partial charge in [0.1, 0.15) is 22.3 Å². The first-order valence-electron chi connectivity index (χ1n) is 17.2. The number of imidazole rings is 2. The average molecular weight is 711 g/mol. The van der Waals surface area contributed by atoms with Crippen molar-refractivity contribution in [3.8, 4) is 34.3 Å². The molecule has 0 aliphatic heterocycles. The first-order valence-corrected chi connectivity index (χ1v) is 18.6. The van der Waals surface area contributed by atoms with Crippen LogP contribution in [0.4, 0.5) is 0 Å². The van der Waals surface area contributed by atoms with E-state index in [0.717, 1.165) is 70.7 Å². The summed E-state index contributed by atoms with van der Waals surface area (Å²) >= 11 is 0. The molecule has 10 aromatic rings. The van der Waals surface area contributed by atoms with Gasteiger partial charge in [0, 0.05) is 28.6 Å². The number of aryl methyl sites for hydroxylation is 2. The molecule has 10 rings (SSSR count). The van der Waals surface area contributed by atoms with Gasteiger partial charge >= 0.3 is 10.1 Å². The predicted octanol–water partition coefficient (Wildman–Crippen LogP) is 10.2. The maximum Gasteiger partial charge on any atom is 0.339 e. The van der Waals surface area contributed by atoms with E-state index in [1.165, 1.54) is 18.2 Å². The molecule has 8 aromatic carbocycles. The summed E-state index contributed by atoms with van der Waals surface area (Å²) in [4.78, 5) is 13.6. The number of nitrogens with zero attached hydrogens (tertiary/aromatic N) is 3. The molecule has 0 saturated carbocycles. The molecule has 0 radical (unpaired) electrons. The van der Waals surface area contributed by atoms with Gasteiger partial charge in [0.25, 0.3) is 0 Å². The van der Waals surface area contributed by atoms with Gasteiger partial charge in [-0.15, -0.1) is 0 Å². The molecule has 9 heteroatoms. The Morgan fingerprint density at radius 1 is 0.623 bits per heavy atom. The zero-order valence-electron chi connectivity index (χ0n) is 28.6. The largest absolute Gasteiger partial charge is 0.507 e. The maximum atomic E-state index is 13.9. The molecule has 0 bridgehead atoms. The normalized spacial score (nSPS) is 12.2. The van der Waals surface area contributed by atoms with E-state index in [2.05, 4.69) is 35.3 Å². The Labute approximate surface area is 303 Å². The second-order valence-corrected chi connectivity index (χ2v) is 14.9. The molecule has 0 saturated heterocycles. The van der Waals surface area contributed by atoms with Crippen molar-refractivity contribution in [3.63, 3.8) is 0 Å². The number of benzene rings is 8. The van der Waals surface area contributed by atoms with Crippen LogP contribution in [0.1, 0.15) is 5.56 Å². The monoisotopic (exact) mass is 710 g/mol. The number of aromatic amines is 1. The van der Waals surface area contributed by atoms with Gasteiger partial charge in [-0.05, 0) is 52.7 Å². The van der Waals surface area contributed by atoms with Crippen LogP contribution in [0.3, 0.4) is 0 Å². The molecule has 0 amide bonds. The molecule has 0 fully saturated rings. The lowest BCUT2D eigenvalue weighted by Crippen LogP contribution is -2.11. The van der Waals surface area contributed by atoms with E-state index >= 15 is 0 Å². The maximum absolute atomic E-state index is 13.9. The fraction of sp³-hybridized carbons (Fsp3) is 0.0455. The molecule has 0 unspecified atom stereocenters. The lowest BCUT2D eigenvalue weighted by atomic mass is 10.00. The Morgan fingerprint density at radius 2 is 1.15 bits per heavy atom. The summed E-state index contributed by atoms with van der Waals surface area (Å²) in [5.74, 6) is 0.680. The number of hydrogen-bond acceptors (Lipinski definition) is 6. The van der Waals surface area contributed by atoms with Crippen LogP contribution in [0.2, 0.25) is 0 Å². The topological polar surface area (TPSA) is 110 Å². The lowest BCUT2D eigenvalue weighted by molar-refractivity contribution is 0.470. The van der Waals surface area contributed by atoms with Gasteiger partial charge < -0.3 is 18.8 Å². The van der Waals surface area contributed by atoms with Crippen LogP contribution in [-0.4, -0.2) is 33.0 Å². The lowest BCUT2D eigenvalue weighted by Gasteiger charge is -2.14. The van der Waals surface area contributed by atoms with Crippen molar-refractivity contribution >= 4 is 75.3 Å². The van der Waals surface area contributed by atoms with E-state index in [1.807, 2.05) is 85.3 Å². The Bertz CT molecular complexity index is 3180. The van der Waals surface area contributed by atoms with Crippen LogP contribution in [0, 0.1) is 6.92 Å². The van der Waals surface area contributed by atoms with Crippen molar-refractivity contribution in [1.82, 2.24) is 19.5 Å². The number of phenolic OH excluding ortho intramolecular Hbond substituents is 1. The van der Waals surface area contributed by atoms with E-state index in [1.54, 1.807) is 18.2 Å². The van der Waals surface area contributed by atoms with Crippen molar-refractivity contribution in [2.45, 2.75) is 11.8 Å². The summed E-state index contributed by atoms with van der Waals surface area (Å²) in [6.07, 6.45) is 0. The smallest absolute Gasteiger partial charge is 0.339 e. The summed E-state index contributed by atoms with van der Waals surface area (Å²) in [6, 6.07) is 42.0. The van der Waals surface area contributed by atoms with Gasteiger partial charge in [0.05, 0.1) is 33.2 Å². The van der Waals surface area contributed by atoms with E-state index in [0.29, 0.717) is 17.2 Å². The Morgan fingerprint density at radius 3 is 1.79 bits per heavy atom. The molecule has 53 heavy (non-hydrogen) atoms. The molecule has 0 atom stereocenters. The highest BCUT2D eigenvalue weighted by molar-refractivity contribution is 7.87. The number of aromatic nitrogens is 4. The number of hydrogen-bond donors (Lipinski definition) is 2. The second-order valence-electron chi connectivity index (χ2n) is 13.4. The quantitative estimate of drug-likeness (QED) is 0.136. The molecular weight excluding hydrogens is 681 g/mol. The standard InChI is InChI=1S/C44H30N4O4S/c1-25-19-21-26(22-20-25)53(50,51)52-38-24-35(44-47-41-33-17-9-5-13-29(33)30-14-6-10-18-34(30)42(41)48(44)2)37(49)23-36(38)43-45-39-31-15-7-3-11-27(31)28-12-4-8-16-32(28)40(39)46-43/h3-24,49H,1-2H3,(H,45,46). The SMILES string of the molecule is Cc1ccc(S(=O)(=O)Oc2cc(-c3nc4c5ccccc5c5ccccc5c4n3C)c(O)cc2-c2nc3c4ccccc4c4ccccc4c3[nH]2)cc1. The third kappa shape index (κ3) is 4.71. The van der Waals surface area contributed by atoms with Crippen LogP contribution in [0.15, 0.2) is 138 Å². The van der Waals surface area contributed by atoms with Crippen LogP contribution < -0.4 is 4.18 Å². The van der Waals surface area contributed by atoms with E-state index in [9.17, 15) is 13.5 Å². The third-order valence-corrected chi connectivity index (χ3v) is 11.5. The number of nitrogens with one attached hydrogen (secondary N) is 1. The highest BCUT2D eigenvalue weighted by atomic mass is 32.2. The van der Waals surface area contributed by atoms with Crippen molar-refractivity contribution in [1.29, 1.82) is 0 Å². The van der Waals surface area contributed by atoms with Crippen molar-refractivity contribution in [2.24, 2.45) is 7.05 Å². The molecular formula is C44H30N4O4S. The molecule has 2 N–H and O–H groups in total. The van der Waals surface area contributed by atoms with Gasteiger partial charge in [-0.1, -0.05) is 115 Å². The van der Waals surface area contributed by atoms with E-state index in [-0.39, 0.29) is 22.0 Å². The number of aromatic hydroxyl groups is 1. The van der Waals surface area contributed by atoms with E-state index in [4.69, 9.17) is 14.2 Å². The average Bonchev–Trinajstić information content (AvgIpc) is 3.78. The van der Waals surface area contributed by atoms with Gasteiger partial charge in [-0.2, -0.15) is 8.42 Å². The molecule has 2 heterocycles. The zero-order valence-corrected chi connectivity index (χ0v) is 29.4. The summed E-state index contributed by atoms with van der Waals surface area (Å²) in [5, 5.41) is 20.0. The molecule has 2 aromatic heterocycles. The minimum absolute atomic E-state index is 0.00550. The minimum atomic E-state index is -4.31. The predicted molar refractivity (Wildman–Crippen MR) is 212 cm³/mol. The number of H-pyrrole nitrogens is 1. The fourth-order valence-corrected chi connectivity index (χ4v) is 8.65. The Kier molecular flexibility index (Phi) is 6.68. The van der Waals surface area contributed by atoms with Crippen LogP contribution in [0.5, 0.6) is 11.5 Å². The van der Waals surface area contributed by atoms with Crippen LogP contribution in [0.25, 0.3) is 87.9 Å². The van der Waals surface area contributed by atoms with E-state index < -0.39 is 10.1 Å². The van der Waals surface area contributed by atoms with Crippen molar-refractivity contribution in [3.05, 3.63) is 139 Å². The number of rotatable bonds is 5. The summed E-state index contributed by atoms with van der Waals surface area (Å²) < 4.78 is 35.8. The summed E-state index contributed by atoms with van der Waals surface area (Å²) in [7, 11) is -2.41. The number of phenols is 1. The van der Waals surface area contributed by atoms with Gasteiger partial charge in [-0.25, -0.2) is 9.97 Å². The van der Waals surface area contributed by atoms with Gasteiger partial charge in [0.2, 0.25) is 0 Å². The molecule has 0 aliphatic carbocycles. The molecule has 0 spiro atoms. The van der Waals surface area contributed by atoms with Crippen LogP contribution in [-0.2, 0) is 17.2 Å². The number of fused-ring (bicyclic) bond motifs is 12. The third-order valence-electron chi connectivity index (χ3n) is 10.2. The summed E-state index contributed by atoms with van der Waals surface area (Å²) in [6.45, 7) is 1.89. The zero-order chi connectivity index (χ0) is 36.0. The molecule has 256 valence electrons. The van der Waals surface area contributed by atoms with Gasteiger partial charge in [0.15, 0.2) is 5.75 Å². The van der Waals surface area contributed by atoms with Gasteiger partial charge in [-0.3, -0.25) is 0 Å². The highest BCUT2D eigenvalue weighted by Gasteiger charge is 2.26. The van der Waals surface area contributed by atoms with Crippen molar-refractivity contribution < 1.29 is 17.7 Å². The minimum Gasteiger partial charge on any atom is -0.507 e. The van der Waals surface area contributed by atoms with Crippen molar-refractivity contribution in [2.75, 3.05) is 0 Å². The summed E-state index contributed by atoms with van der Waals surface area (Å²) in [5.41, 5.74) is 4.68. The highest BCUT2D eigenvalue weighted by Crippen LogP contribution is 2.44. The molecule has 8 nitrogen and oxygen atoms in total. The first-order chi connectivity index (χ1) is 25.8. The fourth-order valence-electron chi connectivity index (χ4n) is 7.71. The molecule has 0 aliphatic rings.